The summed E-state index contributed by atoms with van der Waals surface area (Å²) in [6.45, 7) is 8.68. The van der Waals surface area contributed by atoms with Crippen molar-refractivity contribution in [3.05, 3.63) is 59.0 Å². The molecule has 1 aliphatic heterocycles. The largest absolute Gasteiger partial charge is 0.312 e. The van der Waals surface area contributed by atoms with Gasteiger partial charge in [-0.25, -0.2) is 0 Å². The number of nitrogens with zero attached hydrogens (tertiary/aromatic N) is 3. The molecule has 0 aliphatic carbocycles. The number of rotatable bonds is 3. The van der Waals surface area contributed by atoms with Crippen LogP contribution >= 0.6 is 0 Å². The van der Waals surface area contributed by atoms with E-state index >= 15 is 0 Å². The Kier molecular flexibility index (Phi) is 4.08. The molecule has 1 N–H and O–H groups in total. The van der Waals surface area contributed by atoms with E-state index < -0.39 is 0 Å². The maximum atomic E-state index is 4.99. The molecule has 130 valence electrons. The highest BCUT2D eigenvalue weighted by Crippen LogP contribution is 2.25. The molecule has 0 bridgehead atoms. The summed E-state index contributed by atoms with van der Waals surface area (Å²) in [6, 6.07) is 12.6. The predicted molar refractivity (Wildman–Crippen MR) is 102 cm³/mol. The first-order valence-corrected chi connectivity index (χ1v) is 9.18. The van der Waals surface area contributed by atoms with E-state index in [0.29, 0.717) is 0 Å². The average molecular weight is 334 g/mol. The second kappa shape index (κ2) is 6.26. The molecule has 0 spiro atoms. The molecule has 2 aromatic heterocycles. The molecule has 0 fully saturated rings. The van der Waals surface area contributed by atoms with Gasteiger partial charge in [-0.15, -0.1) is 0 Å². The Labute approximate surface area is 149 Å². The maximum absolute atomic E-state index is 4.99. The molecule has 1 aliphatic rings. The molecular weight excluding hydrogens is 308 g/mol. The monoisotopic (exact) mass is 334 g/mol. The van der Waals surface area contributed by atoms with Gasteiger partial charge in [0.05, 0.1) is 16.7 Å². The van der Waals surface area contributed by atoms with Crippen molar-refractivity contribution in [3.8, 4) is 0 Å². The summed E-state index contributed by atoms with van der Waals surface area (Å²) >= 11 is 0. The average Bonchev–Trinajstić information content (AvgIpc) is 2.99. The lowest BCUT2D eigenvalue weighted by Crippen LogP contribution is -2.30. The second-order valence-electron chi connectivity index (χ2n) is 7.88. The van der Waals surface area contributed by atoms with E-state index in [1.54, 1.807) is 0 Å². The van der Waals surface area contributed by atoms with Crippen LogP contribution in [0.15, 0.2) is 36.4 Å². The fourth-order valence-electron chi connectivity index (χ4n) is 3.67. The van der Waals surface area contributed by atoms with Crippen LogP contribution in [-0.4, -0.2) is 21.3 Å². The number of para-hydroxylation sites is 1. The van der Waals surface area contributed by atoms with Crippen molar-refractivity contribution in [1.29, 1.82) is 0 Å². The SMILES string of the molecule is CC(C)(C)n1nc(CCc2ccc3ccccc3n2)c2c1CCNC2. The molecule has 0 saturated heterocycles. The molecule has 4 heteroatoms. The molecule has 0 atom stereocenters. The van der Waals surface area contributed by atoms with Crippen LogP contribution in [0.2, 0.25) is 0 Å². The summed E-state index contributed by atoms with van der Waals surface area (Å²) in [5.74, 6) is 0. The van der Waals surface area contributed by atoms with Crippen molar-refractivity contribution in [1.82, 2.24) is 20.1 Å². The standard InChI is InChI=1S/C21H26N4/c1-21(2,3)25-20-12-13-22-14-17(20)19(24-25)11-10-16-9-8-15-6-4-5-7-18(15)23-16/h4-9,22H,10-14H2,1-3H3. The van der Waals surface area contributed by atoms with Crippen LogP contribution in [0.5, 0.6) is 0 Å². The maximum Gasteiger partial charge on any atom is 0.0705 e. The van der Waals surface area contributed by atoms with Gasteiger partial charge in [0.1, 0.15) is 0 Å². The lowest BCUT2D eigenvalue weighted by atomic mass is 10.0. The summed E-state index contributed by atoms with van der Waals surface area (Å²) < 4.78 is 2.24. The first-order chi connectivity index (χ1) is 12.0. The number of pyridine rings is 1. The first kappa shape index (κ1) is 16.3. The van der Waals surface area contributed by atoms with Crippen LogP contribution in [0.1, 0.15) is 43.4 Å². The van der Waals surface area contributed by atoms with Crippen molar-refractivity contribution >= 4 is 10.9 Å². The minimum absolute atomic E-state index is 0.0286. The van der Waals surface area contributed by atoms with Gasteiger partial charge in [-0.3, -0.25) is 9.67 Å². The van der Waals surface area contributed by atoms with E-state index in [2.05, 4.69) is 61.1 Å². The fraction of sp³-hybridized carbons (Fsp3) is 0.429. The van der Waals surface area contributed by atoms with Gasteiger partial charge in [-0.05, 0) is 45.7 Å². The lowest BCUT2D eigenvalue weighted by Gasteiger charge is -2.24. The Hall–Kier alpha value is -2.20. The zero-order valence-electron chi connectivity index (χ0n) is 15.3. The fourth-order valence-corrected chi connectivity index (χ4v) is 3.67. The predicted octanol–water partition coefficient (Wildman–Crippen LogP) is 3.62. The van der Waals surface area contributed by atoms with Gasteiger partial charge in [-0.2, -0.15) is 5.10 Å². The molecule has 4 nitrogen and oxygen atoms in total. The van der Waals surface area contributed by atoms with Crippen LogP contribution in [0, 0.1) is 0 Å². The van der Waals surface area contributed by atoms with Crippen molar-refractivity contribution in [2.45, 2.75) is 52.1 Å². The molecule has 25 heavy (non-hydrogen) atoms. The van der Waals surface area contributed by atoms with Crippen LogP contribution in [0.4, 0.5) is 0 Å². The molecular formula is C21H26N4. The summed E-state index contributed by atoms with van der Waals surface area (Å²) in [6.07, 6.45) is 2.94. The molecule has 3 heterocycles. The van der Waals surface area contributed by atoms with Crippen molar-refractivity contribution in [2.75, 3.05) is 6.54 Å². The summed E-state index contributed by atoms with van der Waals surface area (Å²) in [7, 11) is 0. The number of aryl methyl sites for hydroxylation is 2. The first-order valence-electron chi connectivity index (χ1n) is 9.18. The Morgan fingerprint density at radius 1 is 1.08 bits per heavy atom. The van der Waals surface area contributed by atoms with E-state index in [1.807, 2.05) is 6.07 Å². The van der Waals surface area contributed by atoms with Crippen molar-refractivity contribution < 1.29 is 0 Å². The van der Waals surface area contributed by atoms with E-state index in [1.165, 1.54) is 22.3 Å². The van der Waals surface area contributed by atoms with E-state index in [-0.39, 0.29) is 5.54 Å². The Bertz CT molecular complexity index is 902. The van der Waals surface area contributed by atoms with Crippen LogP contribution < -0.4 is 5.32 Å². The van der Waals surface area contributed by atoms with Gasteiger partial charge < -0.3 is 5.32 Å². The smallest absolute Gasteiger partial charge is 0.0705 e. The van der Waals surface area contributed by atoms with E-state index in [0.717, 1.165) is 43.6 Å². The molecule has 0 unspecified atom stereocenters. The van der Waals surface area contributed by atoms with Crippen LogP contribution in [-0.2, 0) is 31.3 Å². The highest BCUT2D eigenvalue weighted by molar-refractivity contribution is 5.78. The zero-order valence-corrected chi connectivity index (χ0v) is 15.3. The third-order valence-corrected chi connectivity index (χ3v) is 4.92. The van der Waals surface area contributed by atoms with Crippen LogP contribution in [0.25, 0.3) is 10.9 Å². The zero-order chi connectivity index (χ0) is 17.4. The summed E-state index contributed by atoms with van der Waals surface area (Å²) in [5, 5.41) is 9.69. The number of benzene rings is 1. The number of hydrogen-bond donors (Lipinski definition) is 1. The minimum atomic E-state index is 0.0286. The van der Waals surface area contributed by atoms with E-state index in [4.69, 9.17) is 10.1 Å². The normalized spacial score (nSPS) is 14.7. The van der Waals surface area contributed by atoms with Gasteiger partial charge in [0.2, 0.25) is 0 Å². The summed E-state index contributed by atoms with van der Waals surface area (Å²) in [4.78, 5) is 4.81. The topological polar surface area (TPSA) is 42.7 Å². The van der Waals surface area contributed by atoms with Gasteiger partial charge >= 0.3 is 0 Å². The van der Waals surface area contributed by atoms with Crippen molar-refractivity contribution in [3.63, 3.8) is 0 Å². The van der Waals surface area contributed by atoms with Gasteiger partial charge in [0, 0.05) is 41.8 Å². The van der Waals surface area contributed by atoms with Gasteiger partial charge in [0.25, 0.3) is 0 Å². The Balaban J connectivity index is 1.61. The molecule has 3 aromatic rings. The molecule has 4 rings (SSSR count). The third-order valence-electron chi connectivity index (χ3n) is 4.92. The third kappa shape index (κ3) is 3.19. The summed E-state index contributed by atoms with van der Waals surface area (Å²) in [5.41, 5.74) is 6.29. The van der Waals surface area contributed by atoms with Gasteiger partial charge in [0.15, 0.2) is 0 Å². The lowest BCUT2D eigenvalue weighted by molar-refractivity contribution is 0.338. The molecule has 1 aromatic carbocycles. The van der Waals surface area contributed by atoms with Crippen LogP contribution in [0.3, 0.4) is 0 Å². The number of fused-ring (bicyclic) bond motifs is 2. The number of aromatic nitrogens is 3. The minimum Gasteiger partial charge on any atom is -0.312 e. The van der Waals surface area contributed by atoms with Crippen molar-refractivity contribution in [2.24, 2.45) is 0 Å². The van der Waals surface area contributed by atoms with E-state index in [9.17, 15) is 0 Å². The Morgan fingerprint density at radius 2 is 1.92 bits per heavy atom. The molecule has 0 radical (unpaired) electrons. The second-order valence-corrected chi connectivity index (χ2v) is 7.88. The Morgan fingerprint density at radius 3 is 2.76 bits per heavy atom. The highest BCUT2D eigenvalue weighted by Gasteiger charge is 2.26. The highest BCUT2D eigenvalue weighted by atomic mass is 15.3. The molecule has 0 saturated carbocycles. The van der Waals surface area contributed by atoms with Gasteiger partial charge in [-0.1, -0.05) is 24.3 Å². The quantitative estimate of drug-likeness (QED) is 0.795. The number of hydrogen-bond acceptors (Lipinski definition) is 3. The molecule has 0 amide bonds. The number of nitrogens with one attached hydrogen (secondary N) is 1.